The molecule has 2 aliphatic heterocycles. The Labute approximate surface area is 299 Å². The van der Waals surface area contributed by atoms with Gasteiger partial charge in [-0.1, -0.05) is 51.1 Å². The van der Waals surface area contributed by atoms with Crippen LogP contribution in [0.2, 0.25) is 0 Å². The van der Waals surface area contributed by atoms with Crippen LogP contribution in [0, 0.1) is 0 Å². The fourth-order valence-corrected chi connectivity index (χ4v) is 7.00. The Morgan fingerprint density at radius 1 is 0.509 bits per heavy atom. The van der Waals surface area contributed by atoms with E-state index >= 15 is 26.3 Å². The van der Waals surface area contributed by atoms with Crippen molar-refractivity contribution in [1.82, 2.24) is 4.90 Å². The summed E-state index contributed by atoms with van der Waals surface area (Å²) in [5.41, 5.74) is -10.5. The zero-order valence-corrected chi connectivity index (χ0v) is 29.1. The second-order valence-corrected chi connectivity index (χ2v) is 15.0. The SMILES string of the molecule is CC(C)(C)c1ccc(-c2ccc(N3C(=O)c4ccc(C(c5ccc6c(c5)C(=O)N(C(C)(C)C)C6=O)(C(F)(F)F)C(F)(F)F)cc4C3=O)c(O)c2)cc1O. The smallest absolute Gasteiger partial charge is 0.411 e. The van der Waals surface area contributed by atoms with Crippen LogP contribution in [-0.4, -0.2) is 56.6 Å². The highest BCUT2D eigenvalue weighted by atomic mass is 19.4. The first kappa shape index (κ1) is 37.1. The van der Waals surface area contributed by atoms with Gasteiger partial charge in [-0.15, -0.1) is 0 Å². The van der Waals surface area contributed by atoms with Gasteiger partial charge in [-0.25, -0.2) is 4.90 Å². The number of amides is 4. The van der Waals surface area contributed by atoms with Gasteiger partial charge in [0.1, 0.15) is 11.5 Å². The van der Waals surface area contributed by atoms with Gasteiger partial charge < -0.3 is 10.2 Å². The molecule has 53 heavy (non-hydrogen) atoms. The first-order valence-electron chi connectivity index (χ1n) is 16.2. The minimum atomic E-state index is -6.12. The minimum absolute atomic E-state index is 0.0182. The maximum atomic E-state index is 15.1. The van der Waals surface area contributed by atoms with E-state index in [2.05, 4.69) is 0 Å². The van der Waals surface area contributed by atoms with Crippen LogP contribution >= 0.6 is 0 Å². The third-order valence-corrected chi connectivity index (χ3v) is 9.52. The molecule has 0 unspecified atom stereocenters. The number of hydrogen-bond donors (Lipinski definition) is 2. The molecule has 4 amide bonds. The fraction of sp³-hybridized carbons (Fsp3) is 0.282. The van der Waals surface area contributed by atoms with E-state index < -0.39 is 80.5 Å². The first-order valence-corrected chi connectivity index (χ1v) is 16.2. The van der Waals surface area contributed by atoms with Crippen LogP contribution in [0.1, 0.15) is 99.7 Å². The molecular weight excluding hydrogens is 706 g/mol. The van der Waals surface area contributed by atoms with Crippen LogP contribution < -0.4 is 4.90 Å². The third-order valence-electron chi connectivity index (χ3n) is 9.52. The van der Waals surface area contributed by atoms with Crippen LogP contribution in [0.3, 0.4) is 0 Å². The number of imide groups is 2. The zero-order chi connectivity index (χ0) is 39.4. The lowest BCUT2D eigenvalue weighted by atomic mass is 9.71. The van der Waals surface area contributed by atoms with Crippen molar-refractivity contribution >= 4 is 29.3 Å². The molecule has 0 aromatic heterocycles. The van der Waals surface area contributed by atoms with E-state index in [1.165, 1.54) is 45.0 Å². The van der Waals surface area contributed by atoms with Crippen LogP contribution in [0.4, 0.5) is 32.0 Å². The Kier molecular flexibility index (Phi) is 8.17. The van der Waals surface area contributed by atoms with Crippen molar-refractivity contribution in [2.45, 2.75) is 70.3 Å². The molecular formula is C39H32F6N2O6. The molecule has 0 atom stereocenters. The first-order chi connectivity index (χ1) is 24.3. The Bertz CT molecular complexity index is 2250. The van der Waals surface area contributed by atoms with E-state index in [-0.39, 0.29) is 22.4 Å². The molecule has 0 fully saturated rings. The van der Waals surface area contributed by atoms with Crippen LogP contribution in [0.5, 0.6) is 11.5 Å². The zero-order valence-electron chi connectivity index (χ0n) is 29.1. The Morgan fingerprint density at radius 2 is 0.943 bits per heavy atom. The molecule has 2 aliphatic rings. The molecule has 4 aromatic carbocycles. The summed E-state index contributed by atoms with van der Waals surface area (Å²) >= 11 is 0. The Morgan fingerprint density at radius 3 is 1.40 bits per heavy atom. The normalized spacial score (nSPS) is 15.4. The standard InChI is InChI=1S/C39H32F6N2O6/c1-35(2,3)27-13-7-19(15-29(27)48)20-8-14-28(30(49)16-20)46-31(50)23-11-9-21(17-25(23)32(46)51)37(38(40,41)42,39(43,44)45)22-10-12-24-26(18-22)34(53)47(33(24)52)36(4,5)6/h7-18,48-49H,1-6H3. The van der Waals surface area contributed by atoms with Crippen molar-refractivity contribution in [1.29, 1.82) is 0 Å². The number of halogens is 6. The van der Waals surface area contributed by atoms with E-state index in [1.54, 1.807) is 12.1 Å². The van der Waals surface area contributed by atoms with Crippen molar-refractivity contribution in [2.24, 2.45) is 0 Å². The molecule has 276 valence electrons. The van der Waals surface area contributed by atoms with Gasteiger partial charge in [-0.05, 0) is 96.5 Å². The van der Waals surface area contributed by atoms with Crippen molar-refractivity contribution in [3.05, 3.63) is 112 Å². The summed E-state index contributed by atoms with van der Waals surface area (Å²) < 4.78 is 90.9. The molecule has 0 aliphatic carbocycles. The number of rotatable bonds is 4. The number of fused-ring (bicyclic) bond motifs is 2. The van der Waals surface area contributed by atoms with Crippen LogP contribution in [0.25, 0.3) is 11.1 Å². The van der Waals surface area contributed by atoms with Crippen LogP contribution in [-0.2, 0) is 10.8 Å². The minimum Gasteiger partial charge on any atom is -0.508 e. The molecule has 0 spiro atoms. The summed E-state index contributed by atoms with van der Waals surface area (Å²) in [7, 11) is 0. The molecule has 0 saturated carbocycles. The topological polar surface area (TPSA) is 115 Å². The summed E-state index contributed by atoms with van der Waals surface area (Å²) in [6.45, 7) is 10.1. The largest absolute Gasteiger partial charge is 0.508 e. The second kappa shape index (κ2) is 11.7. The summed E-state index contributed by atoms with van der Waals surface area (Å²) in [5.74, 6) is -5.00. The quantitative estimate of drug-likeness (QED) is 0.160. The molecule has 2 N–H and O–H groups in total. The number of aromatic hydroxyl groups is 2. The van der Waals surface area contributed by atoms with Crippen molar-refractivity contribution in [3.63, 3.8) is 0 Å². The van der Waals surface area contributed by atoms with Gasteiger partial charge in [-0.3, -0.25) is 24.1 Å². The monoisotopic (exact) mass is 738 g/mol. The van der Waals surface area contributed by atoms with E-state index in [4.69, 9.17) is 0 Å². The van der Waals surface area contributed by atoms with Crippen molar-refractivity contribution in [2.75, 3.05) is 4.90 Å². The number of benzene rings is 4. The van der Waals surface area contributed by atoms with Crippen LogP contribution in [0.15, 0.2) is 72.8 Å². The van der Waals surface area contributed by atoms with E-state index in [0.717, 1.165) is 11.0 Å². The van der Waals surface area contributed by atoms with Gasteiger partial charge in [-0.2, -0.15) is 26.3 Å². The fourth-order valence-electron chi connectivity index (χ4n) is 7.00. The summed E-state index contributed by atoms with van der Waals surface area (Å²) in [6, 6.07) is 11.7. The predicted molar refractivity (Wildman–Crippen MR) is 181 cm³/mol. The lowest BCUT2D eigenvalue weighted by molar-refractivity contribution is -0.288. The van der Waals surface area contributed by atoms with Gasteiger partial charge in [0.05, 0.1) is 27.9 Å². The lowest BCUT2D eigenvalue weighted by Crippen LogP contribution is -2.55. The van der Waals surface area contributed by atoms with Gasteiger partial charge >= 0.3 is 12.4 Å². The molecule has 4 aromatic rings. The molecule has 8 nitrogen and oxygen atoms in total. The highest BCUT2D eigenvalue weighted by molar-refractivity contribution is 6.35. The van der Waals surface area contributed by atoms with Crippen molar-refractivity contribution < 1.29 is 55.7 Å². The van der Waals surface area contributed by atoms with E-state index in [0.29, 0.717) is 51.9 Å². The average molecular weight is 739 g/mol. The molecule has 0 radical (unpaired) electrons. The number of carbonyl (C=O) groups excluding carboxylic acids is 4. The van der Waals surface area contributed by atoms with Gasteiger partial charge in [0.15, 0.2) is 0 Å². The number of anilines is 1. The number of alkyl halides is 6. The third kappa shape index (κ3) is 5.53. The highest BCUT2D eigenvalue weighted by Crippen LogP contribution is 2.57. The summed E-state index contributed by atoms with van der Waals surface area (Å²) in [6.07, 6.45) is -12.2. The maximum absolute atomic E-state index is 15.1. The predicted octanol–water partition coefficient (Wildman–Crippen LogP) is 8.67. The molecule has 0 bridgehead atoms. The number of hydrogen-bond acceptors (Lipinski definition) is 6. The number of phenols is 2. The molecule has 0 saturated heterocycles. The lowest BCUT2D eigenvalue weighted by Gasteiger charge is -2.38. The number of carbonyl (C=O) groups is 4. The Balaban J connectivity index is 1.44. The van der Waals surface area contributed by atoms with Gasteiger partial charge in [0, 0.05) is 5.54 Å². The average Bonchev–Trinajstić information content (AvgIpc) is 3.42. The van der Waals surface area contributed by atoms with E-state index in [1.807, 2.05) is 20.8 Å². The molecule has 14 heteroatoms. The van der Waals surface area contributed by atoms with Gasteiger partial charge in [0.2, 0.25) is 5.41 Å². The molecule has 6 rings (SSSR count). The van der Waals surface area contributed by atoms with E-state index in [9.17, 15) is 29.4 Å². The number of nitrogens with zero attached hydrogens (tertiary/aromatic N) is 2. The van der Waals surface area contributed by atoms with Crippen molar-refractivity contribution in [3.8, 4) is 22.6 Å². The maximum Gasteiger partial charge on any atom is 0.411 e. The summed E-state index contributed by atoms with van der Waals surface area (Å²) in [4.78, 5) is 54.5. The second-order valence-electron chi connectivity index (χ2n) is 15.0. The highest BCUT2D eigenvalue weighted by Gasteiger charge is 2.73. The van der Waals surface area contributed by atoms with Gasteiger partial charge in [0.25, 0.3) is 23.6 Å². The molecule has 2 heterocycles. The Hall–Kier alpha value is -5.66. The summed E-state index contributed by atoms with van der Waals surface area (Å²) in [5, 5.41) is 21.5. The number of phenolic OH excluding ortho intramolecular Hbond substituents is 2.